The molecule has 0 atom stereocenters. The number of hydrogen-bond donors (Lipinski definition) is 1. The van der Waals surface area contributed by atoms with Crippen LogP contribution in [0.4, 0.5) is 22.0 Å². The summed E-state index contributed by atoms with van der Waals surface area (Å²) in [6.45, 7) is 3.08. The fourth-order valence-electron chi connectivity index (χ4n) is 1.83. The zero-order valence-corrected chi connectivity index (χ0v) is 9.77. The van der Waals surface area contributed by atoms with Gasteiger partial charge >= 0.3 is 6.18 Å². The third kappa shape index (κ3) is 2.72. The van der Waals surface area contributed by atoms with Crippen LogP contribution in [0.2, 0.25) is 0 Å². The molecule has 1 aromatic carbocycles. The molecule has 1 aliphatic carbocycles. The van der Waals surface area contributed by atoms with Crippen molar-refractivity contribution in [3.63, 3.8) is 0 Å². The Bertz CT molecular complexity index is 514. The molecule has 1 aliphatic rings. The van der Waals surface area contributed by atoms with E-state index in [1.807, 2.05) is 0 Å². The number of halogens is 5. The van der Waals surface area contributed by atoms with Crippen LogP contribution in [0.3, 0.4) is 0 Å². The molecular formula is C13H11F5O. The monoisotopic (exact) mass is 278 g/mol. The van der Waals surface area contributed by atoms with E-state index >= 15 is 0 Å². The summed E-state index contributed by atoms with van der Waals surface area (Å²) in [5, 5.41) is 9.15. The van der Waals surface area contributed by atoms with Gasteiger partial charge in [0.15, 0.2) is 0 Å². The van der Waals surface area contributed by atoms with Crippen LogP contribution in [0.1, 0.15) is 29.5 Å². The van der Waals surface area contributed by atoms with Gasteiger partial charge in [0.05, 0.1) is 5.56 Å². The average Bonchev–Trinajstić information content (AvgIpc) is 3.11. The lowest BCUT2D eigenvalue weighted by Gasteiger charge is -2.19. The number of benzene rings is 1. The fraction of sp³-hybridized carbons (Fsp3) is 0.385. The lowest BCUT2D eigenvalue weighted by Crippen LogP contribution is -2.18. The van der Waals surface area contributed by atoms with Crippen LogP contribution >= 0.6 is 0 Å². The zero-order chi connectivity index (χ0) is 14.4. The van der Waals surface area contributed by atoms with E-state index in [-0.39, 0.29) is 5.56 Å². The number of alkyl halides is 5. The summed E-state index contributed by atoms with van der Waals surface area (Å²) < 4.78 is 65.7. The molecule has 6 heteroatoms. The van der Waals surface area contributed by atoms with Gasteiger partial charge in [-0.05, 0) is 31.0 Å². The molecule has 0 bridgehead atoms. The van der Waals surface area contributed by atoms with Crippen LogP contribution in [-0.2, 0) is 12.1 Å². The molecule has 1 fully saturated rings. The van der Waals surface area contributed by atoms with E-state index in [4.69, 9.17) is 5.11 Å². The number of rotatable bonds is 3. The third-order valence-corrected chi connectivity index (χ3v) is 3.07. The normalized spacial score (nSPS) is 16.5. The van der Waals surface area contributed by atoms with Gasteiger partial charge in [-0.2, -0.15) is 13.2 Å². The van der Waals surface area contributed by atoms with Crippen molar-refractivity contribution in [2.45, 2.75) is 24.9 Å². The minimum absolute atomic E-state index is 0.290. The van der Waals surface area contributed by atoms with E-state index in [0.717, 1.165) is 6.07 Å². The van der Waals surface area contributed by atoms with Gasteiger partial charge in [0.1, 0.15) is 5.76 Å². The molecule has 104 valence electrons. The standard InChI is InChI=1S/C13H11F5O/c1-7(19)8-4-10(12(14,15)9-2-3-9)6-11(5-8)13(16,17)18/h4-6,9,19H,1-3H2. The maximum Gasteiger partial charge on any atom is 0.416 e. The highest BCUT2D eigenvalue weighted by Crippen LogP contribution is 2.50. The zero-order valence-electron chi connectivity index (χ0n) is 9.77. The van der Waals surface area contributed by atoms with Crippen LogP contribution in [0.5, 0.6) is 0 Å². The third-order valence-electron chi connectivity index (χ3n) is 3.07. The summed E-state index contributed by atoms with van der Waals surface area (Å²) in [6.07, 6.45) is -4.17. The summed E-state index contributed by atoms with van der Waals surface area (Å²) >= 11 is 0. The Hall–Kier alpha value is -1.59. The molecule has 0 aliphatic heterocycles. The number of aliphatic hydroxyl groups is 1. The number of aliphatic hydroxyl groups excluding tert-OH is 1. The predicted octanol–water partition coefficient (Wildman–Crippen LogP) is 4.74. The van der Waals surface area contributed by atoms with Crippen LogP contribution in [0.15, 0.2) is 24.8 Å². The van der Waals surface area contributed by atoms with Crippen molar-refractivity contribution in [3.05, 3.63) is 41.5 Å². The van der Waals surface area contributed by atoms with Gasteiger partial charge in [0.2, 0.25) is 0 Å². The highest BCUT2D eigenvalue weighted by Gasteiger charge is 2.48. The predicted molar refractivity (Wildman–Crippen MR) is 59.7 cm³/mol. The maximum atomic E-state index is 13.9. The van der Waals surface area contributed by atoms with Crippen LogP contribution in [0.25, 0.3) is 5.76 Å². The van der Waals surface area contributed by atoms with Crippen molar-refractivity contribution in [1.82, 2.24) is 0 Å². The van der Waals surface area contributed by atoms with E-state index < -0.39 is 34.9 Å². The Morgan fingerprint density at radius 3 is 2.00 bits per heavy atom. The summed E-state index contributed by atoms with van der Waals surface area (Å²) in [4.78, 5) is 0. The van der Waals surface area contributed by atoms with E-state index in [1.54, 1.807) is 0 Å². The Labute approximate surface area is 106 Å². The van der Waals surface area contributed by atoms with E-state index in [9.17, 15) is 22.0 Å². The topological polar surface area (TPSA) is 20.2 Å². The van der Waals surface area contributed by atoms with Crippen LogP contribution in [0, 0.1) is 5.92 Å². The smallest absolute Gasteiger partial charge is 0.416 e. The molecule has 0 amide bonds. The van der Waals surface area contributed by atoms with Gasteiger partial charge in [0, 0.05) is 17.0 Å². The molecule has 0 saturated heterocycles. The molecule has 0 aromatic heterocycles. The van der Waals surface area contributed by atoms with E-state index in [1.165, 1.54) is 0 Å². The Kier molecular flexibility index (Phi) is 3.07. The fourth-order valence-corrected chi connectivity index (χ4v) is 1.83. The molecule has 1 N–H and O–H groups in total. The van der Waals surface area contributed by atoms with Crippen molar-refractivity contribution < 1.29 is 27.1 Å². The molecule has 0 spiro atoms. The van der Waals surface area contributed by atoms with Crippen molar-refractivity contribution in [2.75, 3.05) is 0 Å². The molecule has 0 heterocycles. The summed E-state index contributed by atoms with van der Waals surface area (Å²) in [7, 11) is 0. The van der Waals surface area contributed by atoms with Crippen molar-refractivity contribution in [2.24, 2.45) is 5.92 Å². The average molecular weight is 278 g/mol. The van der Waals surface area contributed by atoms with E-state index in [2.05, 4.69) is 6.58 Å². The van der Waals surface area contributed by atoms with E-state index in [0.29, 0.717) is 25.0 Å². The minimum Gasteiger partial charge on any atom is -0.508 e. The molecule has 1 nitrogen and oxygen atoms in total. The lowest BCUT2D eigenvalue weighted by atomic mass is 9.97. The molecule has 1 aromatic rings. The Morgan fingerprint density at radius 2 is 1.58 bits per heavy atom. The Balaban J connectivity index is 2.54. The minimum atomic E-state index is -4.75. The van der Waals surface area contributed by atoms with Gasteiger partial charge in [0.25, 0.3) is 5.92 Å². The first-order valence-electron chi connectivity index (χ1n) is 5.61. The Morgan fingerprint density at radius 1 is 1.05 bits per heavy atom. The quantitative estimate of drug-likeness (QED) is 0.625. The maximum absolute atomic E-state index is 13.9. The van der Waals surface area contributed by atoms with Crippen LogP contribution < -0.4 is 0 Å². The number of hydrogen-bond acceptors (Lipinski definition) is 1. The SMILES string of the molecule is C=C(O)c1cc(C(F)(F)F)cc(C(F)(F)C2CC2)c1. The van der Waals surface area contributed by atoms with Gasteiger partial charge in [-0.1, -0.05) is 6.58 Å². The summed E-state index contributed by atoms with van der Waals surface area (Å²) in [6, 6.07) is 1.90. The van der Waals surface area contributed by atoms with Gasteiger partial charge in [-0.15, -0.1) is 0 Å². The molecule has 0 radical (unpaired) electrons. The molecule has 1 saturated carbocycles. The van der Waals surface area contributed by atoms with Gasteiger partial charge < -0.3 is 5.11 Å². The first kappa shape index (κ1) is 13.8. The second kappa shape index (κ2) is 4.21. The second-order valence-electron chi connectivity index (χ2n) is 4.64. The highest BCUT2D eigenvalue weighted by atomic mass is 19.4. The van der Waals surface area contributed by atoms with Crippen LogP contribution in [-0.4, -0.2) is 5.11 Å². The molecule has 0 unspecified atom stereocenters. The molecule has 19 heavy (non-hydrogen) atoms. The lowest BCUT2D eigenvalue weighted by molar-refractivity contribution is -0.137. The van der Waals surface area contributed by atoms with Gasteiger partial charge in [-0.25, -0.2) is 8.78 Å². The first-order chi connectivity index (χ1) is 8.62. The largest absolute Gasteiger partial charge is 0.508 e. The van der Waals surface area contributed by atoms with Crippen molar-refractivity contribution in [3.8, 4) is 0 Å². The highest BCUT2D eigenvalue weighted by molar-refractivity contribution is 5.58. The van der Waals surface area contributed by atoms with Crippen molar-refractivity contribution >= 4 is 5.76 Å². The summed E-state index contributed by atoms with van der Waals surface area (Å²) in [5.41, 5.74) is -2.28. The van der Waals surface area contributed by atoms with Crippen molar-refractivity contribution in [1.29, 1.82) is 0 Å². The molecular weight excluding hydrogens is 267 g/mol. The first-order valence-corrected chi connectivity index (χ1v) is 5.61. The summed E-state index contributed by atoms with van der Waals surface area (Å²) in [5.74, 6) is -4.90. The molecule has 2 rings (SSSR count). The van der Waals surface area contributed by atoms with Gasteiger partial charge in [-0.3, -0.25) is 0 Å². The second-order valence-corrected chi connectivity index (χ2v) is 4.64.